The number of ether oxygens (including phenoxy) is 1. The molecule has 0 bridgehead atoms. The highest BCUT2D eigenvalue weighted by molar-refractivity contribution is 6.31. The molecule has 0 saturated carbocycles. The van der Waals surface area contributed by atoms with Crippen molar-refractivity contribution in [3.63, 3.8) is 0 Å². The zero-order valence-corrected chi connectivity index (χ0v) is 13.3. The highest BCUT2D eigenvalue weighted by Gasteiger charge is 2.15. The van der Waals surface area contributed by atoms with Crippen molar-refractivity contribution in [1.29, 1.82) is 0 Å². The van der Waals surface area contributed by atoms with Crippen molar-refractivity contribution in [2.24, 2.45) is 0 Å². The Morgan fingerprint density at radius 3 is 2.43 bits per heavy atom. The first-order valence-corrected chi connectivity index (χ1v) is 7.42. The van der Waals surface area contributed by atoms with Gasteiger partial charge in [0.05, 0.1) is 12.7 Å². The lowest BCUT2D eigenvalue weighted by molar-refractivity contribution is 0.103. The molecular weight excluding hydrogens is 284 g/mol. The molecule has 0 amide bonds. The molecule has 0 aromatic heterocycles. The van der Waals surface area contributed by atoms with Gasteiger partial charge >= 0.3 is 0 Å². The van der Waals surface area contributed by atoms with Crippen LogP contribution in [0.1, 0.15) is 47.7 Å². The average Bonchev–Trinajstić information content (AvgIpc) is 2.53. The van der Waals surface area contributed by atoms with Crippen LogP contribution in [0.25, 0.3) is 0 Å². The van der Waals surface area contributed by atoms with Crippen LogP contribution >= 0.6 is 11.6 Å². The van der Waals surface area contributed by atoms with E-state index in [0.29, 0.717) is 27.8 Å². The lowest BCUT2D eigenvalue weighted by atomic mass is 9.95. The maximum Gasteiger partial charge on any atom is 0.196 e. The van der Waals surface area contributed by atoms with Crippen molar-refractivity contribution < 1.29 is 9.53 Å². The molecule has 0 aliphatic heterocycles. The molecule has 0 aliphatic carbocycles. The SMILES string of the molecule is CCC(C)c1ccc(C(=O)c2cc(Cl)ccc2OC)cc1. The Balaban J connectivity index is 2.34. The summed E-state index contributed by atoms with van der Waals surface area (Å²) >= 11 is 5.98. The van der Waals surface area contributed by atoms with Crippen molar-refractivity contribution in [2.75, 3.05) is 7.11 Å². The van der Waals surface area contributed by atoms with Gasteiger partial charge in [-0.25, -0.2) is 0 Å². The number of carbonyl (C=O) groups is 1. The monoisotopic (exact) mass is 302 g/mol. The summed E-state index contributed by atoms with van der Waals surface area (Å²) in [4.78, 5) is 12.6. The van der Waals surface area contributed by atoms with Gasteiger partial charge in [-0.2, -0.15) is 0 Å². The van der Waals surface area contributed by atoms with Crippen LogP contribution in [0.4, 0.5) is 0 Å². The van der Waals surface area contributed by atoms with Crippen LogP contribution in [0, 0.1) is 0 Å². The largest absolute Gasteiger partial charge is 0.496 e. The van der Waals surface area contributed by atoms with Crippen molar-refractivity contribution in [2.45, 2.75) is 26.2 Å². The molecule has 0 heterocycles. The Hall–Kier alpha value is -1.80. The van der Waals surface area contributed by atoms with Crippen LogP contribution < -0.4 is 4.74 Å². The minimum absolute atomic E-state index is 0.0787. The molecule has 21 heavy (non-hydrogen) atoms. The molecule has 1 atom stereocenters. The van der Waals surface area contributed by atoms with Crippen LogP contribution in [-0.4, -0.2) is 12.9 Å². The summed E-state index contributed by atoms with van der Waals surface area (Å²) in [5.41, 5.74) is 2.37. The van der Waals surface area contributed by atoms with E-state index in [-0.39, 0.29) is 5.78 Å². The number of ketones is 1. The quantitative estimate of drug-likeness (QED) is 0.719. The number of hydrogen-bond acceptors (Lipinski definition) is 2. The van der Waals surface area contributed by atoms with E-state index in [1.807, 2.05) is 24.3 Å². The third kappa shape index (κ3) is 3.45. The van der Waals surface area contributed by atoms with Crippen LogP contribution in [0.15, 0.2) is 42.5 Å². The average molecular weight is 303 g/mol. The number of rotatable bonds is 5. The summed E-state index contributed by atoms with van der Waals surface area (Å²) in [5.74, 6) is 0.954. The van der Waals surface area contributed by atoms with Crippen molar-refractivity contribution in [3.05, 3.63) is 64.2 Å². The number of methoxy groups -OCH3 is 1. The van der Waals surface area contributed by atoms with Gasteiger partial charge in [0.25, 0.3) is 0 Å². The standard InChI is InChI=1S/C18H19ClO2/c1-4-12(2)13-5-7-14(8-6-13)18(20)16-11-15(19)9-10-17(16)21-3/h5-12H,4H2,1-3H3. The molecule has 0 fully saturated rings. The predicted octanol–water partition coefficient (Wildman–Crippen LogP) is 5.09. The zero-order valence-electron chi connectivity index (χ0n) is 12.5. The molecule has 2 nitrogen and oxygen atoms in total. The van der Waals surface area contributed by atoms with E-state index in [2.05, 4.69) is 13.8 Å². The van der Waals surface area contributed by atoms with Crippen molar-refractivity contribution in [3.8, 4) is 5.75 Å². The van der Waals surface area contributed by atoms with E-state index >= 15 is 0 Å². The second-order valence-corrected chi connectivity index (χ2v) is 5.54. The Morgan fingerprint density at radius 2 is 1.86 bits per heavy atom. The van der Waals surface area contributed by atoms with E-state index in [1.54, 1.807) is 25.3 Å². The minimum Gasteiger partial charge on any atom is -0.496 e. The van der Waals surface area contributed by atoms with Crippen LogP contribution in [0.5, 0.6) is 5.75 Å². The molecule has 0 aliphatic rings. The molecule has 2 aromatic carbocycles. The van der Waals surface area contributed by atoms with Gasteiger partial charge < -0.3 is 4.74 Å². The summed E-state index contributed by atoms with van der Waals surface area (Å²) < 4.78 is 5.24. The number of hydrogen-bond donors (Lipinski definition) is 0. The normalized spacial score (nSPS) is 12.0. The summed E-state index contributed by atoms with van der Waals surface area (Å²) in [6.07, 6.45) is 1.08. The van der Waals surface area contributed by atoms with Crippen LogP contribution in [-0.2, 0) is 0 Å². The topological polar surface area (TPSA) is 26.3 Å². The Labute approximate surface area is 130 Å². The fourth-order valence-electron chi connectivity index (χ4n) is 2.21. The highest BCUT2D eigenvalue weighted by Crippen LogP contribution is 2.26. The Kier molecular flexibility index (Phi) is 5.03. The minimum atomic E-state index is -0.0787. The summed E-state index contributed by atoms with van der Waals surface area (Å²) in [6.45, 7) is 4.33. The van der Waals surface area contributed by atoms with Crippen molar-refractivity contribution in [1.82, 2.24) is 0 Å². The van der Waals surface area contributed by atoms with Gasteiger partial charge in [0.15, 0.2) is 5.78 Å². The van der Waals surface area contributed by atoms with Gasteiger partial charge in [-0.15, -0.1) is 0 Å². The van der Waals surface area contributed by atoms with Crippen LogP contribution in [0.2, 0.25) is 5.02 Å². The van der Waals surface area contributed by atoms with Gasteiger partial charge in [0, 0.05) is 10.6 Å². The van der Waals surface area contributed by atoms with Gasteiger partial charge in [0.1, 0.15) is 5.75 Å². The molecule has 0 saturated heterocycles. The van der Waals surface area contributed by atoms with Gasteiger partial charge in [0.2, 0.25) is 0 Å². The molecule has 110 valence electrons. The van der Waals surface area contributed by atoms with E-state index in [0.717, 1.165) is 6.42 Å². The number of benzene rings is 2. The zero-order chi connectivity index (χ0) is 15.4. The molecular formula is C18H19ClO2. The van der Waals surface area contributed by atoms with Crippen LogP contribution in [0.3, 0.4) is 0 Å². The Bertz CT molecular complexity index is 632. The second kappa shape index (κ2) is 6.77. The van der Waals surface area contributed by atoms with Gasteiger partial charge in [-0.1, -0.05) is 49.7 Å². The lowest BCUT2D eigenvalue weighted by Gasteiger charge is -2.11. The predicted molar refractivity (Wildman–Crippen MR) is 86.6 cm³/mol. The van der Waals surface area contributed by atoms with E-state index in [1.165, 1.54) is 5.56 Å². The fourth-order valence-corrected chi connectivity index (χ4v) is 2.38. The maximum absolute atomic E-state index is 12.6. The summed E-state index contributed by atoms with van der Waals surface area (Å²) in [5, 5.41) is 0.523. The maximum atomic E-state index is 12.6. The summed E-state index contributed by atoms with van der Waals surface area (Å²) in [7, 11) is 1.55. The third-order valence-corrected chi connectivity index (χ3v) is 4.00. The first kappa shape index (κ1) is 15.6. The second-order valence-electron chi connectivity index (χ2n) is 5.11. The molecule has 2 rings (SSSR count). The molecule has 0 N–H and O–H groups in total. The lowest BCUT2D eigenvalue weighted by Crippen LogP contribution is -2.04. The van der Waals surface area contributed by atoms with E-state index < -0.39 is 0 Å². The van der Waals surface area contributed by atoms with E-state index in [9.17, 15) is 4.79 Å². The molecule has 3 heteroatoms. The Morgan fingerprint density at radius 1 is 1.19 bits per heavy atom. The molecule has 2 aromatic rings. The highest BCUT2D eigenvalue weighted by atomic mass is 35.5. The first-order valence-electron chi connectivity index (χ1n) is 7.05. The molecule has 0 spiro atoms. The number of halogens is 1. The third-order valence-electron chi connectivity index (χ3n) is 3.76. The van der Waals surface area contributed by atoms with Crippen molar-refractivity contribution >= 4 is 17.4 Å². The summed E-state index contributed by atoms with van der Waals surface area (Å²) in [6, 6.07) is 12.8. The smallest absolute Gasteiger partial charge is 0.196 e. The number of carbonyl (C=O) groups excluding carboxylic acids is 1. The molecule has 1 unspecified atom stereocenters. The molecule has 0 radical (unpaired) electrons. The van der Waals surface area contributed by atoms with E-state index in [4.69, 9.17) is 16.3 Å². The fraction of sp³-hybridized carbons (Fsp3) is 0.278. The van der Waals surface area contributed by atoms with Gasteiger partial charge in [-0.3, -0.25) is 4.79 Å². The first-order chi connectivity index (χ1) is 10.1. The van der Waals surface area contributed by atoms with Gasteiger partial charge in [-0.05, 0) is 36.1 Å².